The number of hydrogen-bond acceptors (Lipinski definition) is 4. The Kier molecular flexibility index (Phi) is 3.12. The van der Waals surface area contributed by atoms with Gasteiger partial charge in [0.25, 0.3) is 0 Å². The molecule has 1 aliphatic heterocycles. The van der Waals surface area contributed by atoms with Crippen LogP contribution in [-0.2, 0) is 0 Å². The summed E-state index contributed by atoms with van der Waals surface area (Å²) in [6, 6.07) is 8.20. The lowest BCUT2D eigenvalue weighted by Crippen LogP contribution is -2.27. The summed E-state index contributed by atoms with van der Waals surface area (Å²) < 4.78 is 0. The van der Waals surface area contributed by atoms with Crippen LogP contribution >= 0.6 is 0 Å². The highest BCUT2D eigenvalue weighted by molar-refractivity contribution is 5.77. The van der Waals surface area contributed by atoms with Crippen LogP contribution in [0, 0.1) is 0 Å². The molecule has 0 bridgehead atoms. The molecule has 21 heavy (non-hydrogen) atoms. The van der Waals surface area contributed by atoms with Crippen molar-refractivity contribution in [1.29, 1.82) is 0 Å². The van der Waals surface area contributed by atoms with Gasteiger partial charge in [-0.2, -0.15) is 0 Å². The predicted molar refractivity (Wildman–Crippen MR) is 82.0 cm³/mol. The second-order valence-corrected chi connectivity index (χ2v) is 5.43. The van der Waals surface area contributed by atoms with Crippen molar-refractivity contribution in [3.8, 4) is 11.5 Å². The van der Waals surface area contributed by atoms with Gasteiger partial charge in [-0.3, -0.25) is 4.98 Å². The Balaban J connectivity index is 1.70. The van der Waals surface area contributed by atoms with Crippen LogP contribution in [-0.4, -0.2) is 33.0 Å². The molecule has 1 fully saturated rings. The van der Waals surface area contributed by atoms with Crippen molar-refractivity contribution in [2.24, 2.45) is 0 Å². The highest BCUT2D eigenvalue weighted by Gasteiger charge is 2.16. The summed E-state index contributed by atoms with van der Waals surface area (Å²) in [5.41, 5.74) is 3.92. The van der Waals surface area contributed by atoms with E-state index >= 15 is 0 Å². The van der Waals surface area contributed by atoms with Crippen molar-refractivity contribution in [3.05, 3.63) is 42.4 Å². The summed E-state index contributed by atoms with van der Waals surface area (Å²) in [5.74, 6) is 1.36. The van der Waals surface area contributed by atoms with E-state index in [9.17, 15) is 0 Å². The Morgan fingerprint density at radius 3 is 2.57 bits per heavy atom. The van der Waals surface area contributed by atoms with Gasteiger partial charge in [-0.15, -0.1) is 0 Å². The molecule has 2 N–H and O–H groups in total. The minimum atomic E-state index is 0.570. The van der Waals surface area contributed by atoms with Crippen LogP contribution in [0.5, 0.6) is 0 Å². The normalized spacial score (nSPS) is 16.4. The first-order valence-electron chi connectivity index (χ1n) is 7.38. The van der Waals surface area contributed by atoms with Gasteiger partial charge in [0.15, 0.2) is 5.82 Å². The van der Waals surface area contributed by atoms with Crippen LogP contribution in [0.2, 0.25) is 0 Å². The van der Waals surface area contributed by atoms with E-state index in [-0.39, 0.29) is 0 Å². The molecule has 0 aromatic carbocycles. The minimum Gasteiger partial charge on any atom is -0.343 e. The molecule has 0 aliphatic carbocycles. The van der Waals surface area contributed by atoms with Crippen molar-refractivity contribution < 1.29 is 0 Å². The van der Waals surface area contributed by atoms with Crippen molar-refractivity contribution in [2.75, 3.05) is 13.1 Å². The van der Waals surface area contributed by atoms with Crippen LogP contribution in [0.1, 0.15) is 24.5 Å². The third kappa shape index (κ3) is 2.40. The molecule has 0 unspecified atom stereocenters. The van der Waals surface area contributed by atoms with Gasteiger partial charge >= 0.3 is 0 Å². The molecule has 0 saturated carbocycles. The molecular weight excluding hydrogens is 262 g/mol. The van der Waals surface area contributed by atoms with Gasteiger partial charge in [-0.25, -0.2) is 9.97 Å². The van der Waals surface area contributed by atoms with Crippen LogP contribution in [0.3, 0.4) is 0 Å². The Hall–Kier alpha value is -2.27. The number of fused-ring (bicyclic) bond motifs is 1. The van der Waals surface area contributed by atoms with Crippen molar-refractivity contribution >= 4 is 11.0 Å². The first-order chi connectivity index (χ1) is 10.4. The van der Waals surface area contributed by atoms with Gasteiger partial charge in [-0.1, -0.05) is 0 Å². The Labute approximate surface area is 122 Å². The first kappa shape index (κ1) is 12.5. The molecule has 0 spiro atoms. The topological polar surface area (TPSA) is 66.5 Å². The SMILES string of the molecule is c1c[nH]c(-c2ccc3nc(C4CCNCC4)ccc3n2)n1. The first-order valence-corrected chi connectivity index (χ1v) is 7.38. The second kappa shape index (κ2) is 5.26. The van der Waals surface area contributed by atoms with E-state index in [0.717, 1.165) is 48.5 Å². The number of aromatic nitrogens is 4. The molecule has 5 nitrogen and oxygen atoms in total. The van der Waals surface area contributed by atoms with Crippen LogP contribution < -0.4 is 5.32 Å². The molecule has 5 heteroatoms. The summed E-state index contributed by atoms with van der Waals surface area (Å²) in [6.45, 7) is 2.17. The molecule has 0 amide bonds. The molecule has 3 aromatic heterocycles. The fraction of sp³-hybridized carbons (Fsp3) is 0.312. The van der Waals surface area contributed by atoms with Gasteiger partial charge in [0.1, 0.15) is 5.69 Å². The Morgan fingerprint density at radius 2 is 1.76 bits per heavy atom. The molecule has 0 radical (unpaired) electrons. The monoisotopic (exact) mass is 279 g/mol. The number of piperidine rings is 1. The number of rotatable bonds is 2. The number of nitrogens with one attached hydrogen (secondary N) is 2. The van der Waals surface area contributed by atoms with Crippen LogP contribution in [0.15, 0.2) is 36.7 Å². The summed E-state index contributed by atoms with van der Waals surface area (Å²) in [5, 5.41) is 3.39. The third-order valence-corrected chi connectivity index (χ3v) is 4.06. The number of pyridine rings is 2. The lowest BCUT2D eigenvalue weighted by molar-refractivity contribution is 0.454. The molecule has 4 heterocycles. The lowest BCUT2D eigenvalue weighted by atomic mass is 9.94. The molecule has 1 saturated heterocycles. The molecule has 0 atom stereocenters. The van der Waals surface area contributed by atoms with Gasteiger partial charge in [0, 0.05) is 24.0 Å². The average molecular weight is 279 g/mol. The maximum atomic E-state index is 4.80. The molecule has 1 aliphatic rings. The Bertz CT molecular complexity index is 744. The smallest absolute Gasteiger partial charge is 0.155 e. The zero-order chi connectivity index (χ0) is 14.1. The number of nitrogens with zero attached hydrogens (tertiary/aromatic N) is 3. The maximum Gasteiger partial charge on any atom is 0.155 e. The highest BCUT2D eigenvalue weighted by Crippen LogP contribution is 2.25. The van der Waals surface area contributed by atoms with Gasteiger partial charge < -0.3 is 10.3 Å². The fourth-order valence-corrected chi connectivity index (χ4v) is 2.91. The average Bonchev–Trinajstić information content (AvgIpc) is 3.09. The standard InChI is InChI=1S/C16H17N5/c1-2-14-13(20-12(1)11-5-7-17-8-6-11)3-4-15(21-14)16-18-9-10-19-16/h1-4,9-11,17H,5-8H2,(H,18,19). The largest absolute Gasteiger partial charge is 0.343 e. The van der Waals surface area contributed by atoms with Gasteiger partial charge in [0.2, 0.25) is 0 Å². The number of aromatic amines is 1. The van der Waals surface area contributed by atoms with E-state index < -0.39 is 0 Å². The van der Waals surface area contributed by atoms with E-state index in [1.807, 2.05) is 12.1 Å². The fourth-order valence-electron chi connectivity index (χ4n) is 2.91. The predicted octanol–water partition coefficient (Wildman–Crippen LogP) is 2.49. The van der Waals surface area contributed by atoms with Gasteiger partial charge in [0.05, 0.1) is 11.0 Å². The van der Waals surface area contributed by atoms with E-state index in [1.54, 1.807) is 12.4 Å². The number of H-pyrrole nitrogens is 1. The second-order valence-electron chi connectivity index (χ2n) is 5.43. The summed E-state index contributed by atoms with van der Waals surface area (Å²) >= 11 is 0. The summed E-state index contributed by atoms with van der Waals surface area (Å²) in [7, 11) is 0. The van der Waals surface area contributed by atoms with Gasteiger partial charge in [-0.05, 0) is 50.2 Å². The maximum absolute atomic E-state index is 4.80. The van der Waals surface area contributed by atoms with Crippen LogP contribution in [0.4, 0.5) is 0 Å². The number of imidazole rings is 1. The minimum absolute atomic E-state index is 0.570. The highest BCUT2D eigenvalue weighted by atomic mass is 14.9. The number of hydrogen-bond donors (Lipinski definition) is 2. The van der Waals surface area contributed by atoms with E-state index in [1.165, 1.54) is 5.69 Å². The summed E-state index contributed by atoms with van der Waals surface area (Å²) in [6.07, 6.45) is 5.87. The van der Waals surface area contributed by atoms with Crippen molar-refractivity contribution in [2.45, 2.75) is 18.8 Å². The van der Waals surface area contributed by atoms with Crippen LogP contribution in [0.25, 0.3) is 22.6 Å². The zero-order valence-electron chi connectivity index (χ0n) is 11.7. The molecule has 106 valence electrons. The lowest BCUT2D eigenvalue weighted by Gasteiger charge is -2.22. The molecule has 4 rings (SSSR count). The van der Waals surface area contributed by atoms with Crippen molar-refractivity contribution in [3.63, 3.8) is 0 Å². The van der Waals surface area contributed by atoms with Crippen molar-refractivity contribution in [1.82, 2.24) is 25.3 Å². The van der Waals surface area contributed by atoms with E-state index in [0.29, 0.717) is 5.92 Å². The zero-order valence-corrected chi connectivity index (χ0v) is 11.7. The summed E-state index contributed by atoms with van der Waals surface area (Å²) in [4.78, 5) is 16.8. The molecular formula is C16H17N5. The quantitative estimate of drug-likeness (QED) is 0.756. The van der Waals surface area contributed by atoms with E-state index in [2.05, 4.69) is 32.4 Å². The van der Waals surface area contributed by atoms with E-state index in [4.69, 9.17) is 4.98 Å². The Morgan fingerprint density at radius 1 is 0.952 bits per heavy atom. The molecule has 3 aromatic rings. The third-order valence-electron chi connectivity index (χ3n) is 4.06.